The van der Waals surface area contributed by atoms with Crippen LogP contribution in [-0.2, 0) is 26.3 Å². The van der Waals surface area contributed by atoms with E-state index in [2.05, 4.69) is 12.1 Å². The van der Waals surface area contributed by atoms with Gasteiger partial charge >= 0.3 is 12.1 Å². The Morgan fingerprint density at radius 2 is 1.67 bits per heavy atom. The van der Waals surface area contributed by atoms with Gasteiger partial charge in [0.25, 0.3) is 0 Å². The van der Waals surface area contributed by atoms with E-state index in [1.54, 1.807) is 0 Å². The van der Waals surface area contributed by atoms with Gasteiger partial charge in [0.1, 0.15) is 12.6 Å². The molecule has 0 radical (unpaired) electrons. The fourth-order valence-electron chi connectivity index (χ4n) is 5.09. The molecule has 176 valence electrons. The summed E-state index contributed by atoms with van der Waals surface area (Å²) in [6.45, 7) is 5.78. The summed E-state index contributed by atoms with van der Waals surface area (Å²) in [6.07, 6.45) is 3.56. The zero-order valence-electron chi connectivity index (χ0n) is 20.9. The van der Waals surface area contributed by atoms with Gasteiger partial charge in [0, 0.05) is 5.41 Å². The molecular weight excluding hydrogens is 414 g/mol. The summed E-state index contributed by atoms with van der Waals surface area (Å²) in [5.41, 5.74) is 1.02. The van der Waals surface area contributed by atoms with Crippen molar-refractivity contribution in [2.24, 2.45) is 5.41 Å². The second-order valence-corrected chi connectivity index (χ2v) is 10.4. The lowest BCUT2D eigenvalue weighted by molar-refractivity contribution is -0.147. The second-order valence-electron chi connectivity index (χ2n) is 10.4. The summed E-state index contributed by atoms with van der Waals surface area (Å²) in [7, 11) is 0. The van der Waals surface area contributed by atoms with Crippen molar-refractivity contribution in [3.63, 3.8) is 0 Å². The van der Waals surface area contributed by atoms with Crippen LogP contribution < -0.4 is 0 Å². The lowest BCUT2D eigenvalue weighted by Crippen LogP contribution is -2.50. The number of hydrogen-bond acceptors (Lipinski definition) is 4. The maximum atomic E-state index is 13.5. The highest BCUT2D eigenvalue weighted by Crippen LogP contribution is 2.46. The highest BCUT2D eigenvalue weighted by atomic mass is 16.6. The molecule has 1 heterocycles. The highest BCUT2D eigenvalue weighted by Gasteiger charge is 2.53. The van der Waals surface area contributed by atoms with Gasteiger partial charge in [-0.05, 0) is 35.8 Å². The molecule has 5 nitrogen and oxygen atoms in total. The Balaban J connectivity index is 1.68. The number of carbonyl (C=O) groups is 2. The molecule has 2 aromatic rings. The molecule has 0 aromatic heterocycles. The molecule has 2 atom stereocenters. The predicted molar refractivity (Wildman–Crippen MR) is 127 cm³/mol. The van der Waals surface area contributed by atoms with E-state index in [0.29, 0.717) is 0 Å². The molecule has 1 aliphatic heterocycles. The molecule has 1 amide bonds. The average Bonchev–Trinajstić information content (AvgIpc) is 3.10. The number of hydrogen-bond donors (Lipinski definition) is 0. The molecule has 0 unspecified atom stereocenters. The minimum atomic E-state index is -1.86. The number of amides is 1. The number of cyclic esters (lactones) is 1. The van der Waals surface area contributed by atoms with E-state index in [9.17, 15) is 11.0 Å². The molecule has 1 saturated carbocycles. The zero-order valence-corrected chi connectivity index (χ0v) is 19.9. The van der Waals surface area contributed by atoms with Crippen LogP contribution in [0.2, 0.25) is 0 Å². The van der Waals surface area contributed by atoms with Crippen molar-refractivity contribution in [2.45, 2.75) is 83.6 Å². The summed E-state index contributed by atoms with van der Waals surface area (Å²) in [5, 5.41) is 0. The number of esters is 1. The van der Waals surface area contributed by atoms with Crippen molar-refractivity contribution < 1.29 is 20.4 Å². The standard InChI is InChI=1S/C28H35NO4/c1-27(2,3)25-29(26(31)32-20-21-13-7-4-8-14-21)23(24(30)33-25)19-28(17-11-6-12-18-28)22-15-9-5-10-16-22/h4-5,7-10,13-16,23,25H,6,11-12,17-20H2,1-3H3/t23-,25-/m0/s1/i23D. The summed E-state index contributed by atoms with van der Waals surface area (Å²) in [4.78, 5) is 28.1. The van der Waals surface area contributed by atoms with Gasteiger partial charge in [0.05, 0.1) is 1.37 Å². The van der Waals surface area contributed by atoms with E-state index in [4.69, 9.17) is 9.47 Å². The van der Waals surface area contributed by atoms with Crippen LogP contribution in [0.3, 0.4) is 0 Å². The van der Waals surface area contributed by atoms with Crippen molar-refractivity contribution in [3.8, 4) is 0 Å². The fraction of sp³-hybridized carbons (Fsp3) is 0.500. The molecule has 5 heteroatoms. The Morgan fingerprint density at radius 3 is 2.27 bits per heavy atom. The van der Waals surface area contributed by atoms with Gasteiger partial charge in [-0.25, -0.2) is 9.59 Å². The average molecular weight is 451 g/mol. The van der Waals surface area contributed by atoms with Gasteiger partial charge in [-0.3, -0.25) is 4.90 Å². The third-order valence-corrected chi connectivity index (χ3v) is 6.82. The maximum Gasteiger partial charge on any atom is 0.413 e. The van der Waals surface area contributed by atoms with E-state index in [1.165, 1.54) is 4.90 Å². The molecule has 2 aliphatic rings. The molecule has 1 aliphatic carbocycles. The molecule has 2 aromatic carbocycles. The van der Waals surface area contributed by atoms with Crippen LogP contribution in [0.1, 0.15) is 71.8 Å². The Labute approximate surface area is 198 Å². The van der Waals surface area contributed by atoms with Gasteiger partial charge in [0.2, 0.25) is 0 Å². The first-order valence-corrected chi connectivity index (χ1v) is 11.9. The first-order valence-electron chi connectivity index (χ1n) is 12.4. The van der Waals surface area contributed by atoms with Crippen LogP contribution in [0.5, 0.6) is 0 Å². The van der Waals surface area contributed by atoms with E-state index < -0.39 is 29.7 Å². The summed E-state index contributed by atoms with van der Waals surface area (Å²) < 4.78 is 20.8. The Morgan fingerprint density at radius 1 is 1.06 bits per heavy atom. The van der Waals surface area contributed by atoms with Crippen molar-refractivity contribution in [3.05, 3.63) is 71.8 Å². The molecule has 0 bridgehead atoms. The van der Waals surface area contributed by atoms with E-state index in [1.807, 2.05) is 69.3 Å². The molecule has 1 saturated heterocycles. The topological polar surface area (TPSA) is 55.8 Å². The van der Waals surface area contributed by atoms with Crippen LogP contribution in [0.25, 0.3) is 0 Å². The lowest BCUT2D eigenvalue weighted by atomic mass is 9.66. The third-order valence-electron chi connectivity index (χ3n) is 6.82. The van der Waals surface area contributed by atoms with Gasteiger partial charge < -0.3 is 9.47 Å². The highest BCUT2D eigenvalue weighted by molar-refractivity contribution is 5.84. The van der Waals surface area contributed by atoms with Crippen molar-refractivity contribution in [1.82, 2.24) is 4.90 Å². The smallest absolute Gasteiger partial charge is 0.413 e. The van der Waals surface area contributed by atoms with Crippen molar-refractivity contribution in [1.29, 1.82) is 0 Å². The first kappa shape index (κ1) is 22.0. The Hall–Kier alpha value is -2.82. The van der Waals surface area contributed by atoms with E-state index in [-0.39, 0.29) is 18.4 Å². The zero-order chi connectivity index (χ0) is 24.4. The number of benzene rings is 2. The monoisotopic (exact) mass is 450 g/mol. The Bertz CT molecular complexity index is 998. The van der Waals surface area contributed by atoms with Gasteiger partial charge in [-0.1, -0.05) is 101 Å². The van der Waals surface area contributed by atoms with Crippen LogP contribution >= 0.6 is 0 Å². The van der Waals surface area contributed by atoms with Gasteiger partial charge in [0.15, 0.2) is 6.23 Å². The molecule has 0 N–H and O–H groups in total. The summed E-state index contributed by atoms with van der Waals surface area (Å²) in [5.74, 6) is -0.676. The molecule has 0 spiro atoms. The second kappa shape index (κ2) is 9.58. The predicted octanol–water partition coefficient (Wildman–Crippen LogP) is 6.22. The van der Waals surface area contributed by atoms with Crippen LogP contribution in [0, 0.1) is 5.41 Å². The quantitative estimate of drug-likeness (QED) is 0.508. The van der Waals surface area contributed by atoms with E-state index >= 15 is 0 Å². The van der Waals surface area contributed by atoms with Crippen LogP contribution in [-0.4, -0.2) is 29.2 Å². The maximum absolute atomic E-state index is 13.5. The lowest BCUT2D eigenvalue weighted by Gasteiger charge is -2.41. The van der Waals surface area contributed by atoms with Gasteiger partial charge in [-0.2, -0.15) is 0 Å². The van der Waals surface area contributed by atoms with Gasteiger partial charge in [-0.15, -0.1) is 0 Å². The number of nitrogens with zero attached hydrogens (tertiary/aromatic N) is 1. The molecular formula is C28H35NO4. The summed E-state index contributed by atoms with van der Waals surface area (Å²) in [6, 6.07) is 17.7. The largest absolute Gasteiger partial charge is 0.444 e. The number of rotatable bonds is 5. The fourth-order valence-corrected chi connectivity index (χ4v) is 5.09. The third kappa shape index (κ3) is 5.07. The first-order chi connectivity index (χ1) is 16.2. The van der Waals surface area contributed by atoms with E-state index in [0.717, 1.165) is 43.2 Å². The van der Waals surface area contributed by atoms with Crippen molar-refractivity contribution >= 4 is 12.1 Å². The minimum absolute atomic E-state index is 0.0706. The minimum Gasteiger partial charge on any atom is -0.444 e. The summed E-state index contributed by atoms with van der Waals surface area (Å²) >= 11 is 0. The molecule has 33 heavy (non-hydrogen) atoms. The molecule has 2 fully saturated rings. The van der Waals surface area contributed by atoms with Crippen molar-refractivity contribution in [2.75, 3.05) is 0 Å². The SMILES string of the molecule is [2H][C@]1(CC2(c3ccccc3)CCCCC2)C(=O)O[C@@H](C(C)(C)C)N1C(=O)OCc1ccccc1. The number of carbonyl (C=O) groups excluding carboxylic acids is 2. The van der Waals surface area contributed by atoms with Crippen LogP contribution in [0.15, 0.2) is 60.7 Å². The van der Waals surface area contributed by atoms with Crippen LogP contribution in [0.4, 0.5) is 4.79 Å². The normalized spacial score (nSPS) is 25.3. The number of ether oxygens (including phenoxy) is 2. The Kier molecular flexibility index (Phi) is 6.39. The molecule has 4 rings (SSSR count).